The maximum atomic E-state index is 9.60. The third-order valence-electron chi connectivity index (χ3n) is 3.60. The van der Waals surface area contributed by atoms with Crippen molar-refractivity contribution in [2.75, 3.05) is 0 Å². The largest absolute Gasteiger partial charge is 0.198 e. The van der Waals surface area contributed by atoms with Crippen molar-refractivity contribution >= 4 is 0 Å². The summed E-state index contributed by atoms with van der Waals surface area (Å²) in [6.45, 7) is 2.01. The Kier molecular flexibility index (Phi) is 4.53. The SMILES string of the molecule is Cc1ccccc1[C@@H](C#N)[C@H](CC#N)c1ccccc1. The van der Waals surface area contributed by atoms with Crippen LogP contribution >= 0.6 is 0 Å². The van der Waals surface area contributed by atoms with Gasteiger partial charge in [0, 0.05) is 12.3 Å². The van der Waals surface area contributed by atoms with Crippen LogP contribution in [-0.4, -0.2) is 0 Å². The molecular formula is C18H16N2. The Bertz CT molecular complexity index is 647. The number of benzene rings is 2. The van der Waals surface area contributed by atoms with Crippen LogP contribution in [0.15, 0.2) is 54.6 Å². The molecule has 0 heterocycles. The maximum absolute atomic E-state index is 9.60. The fraction of sp³-hybridized carbons (Fsp3) is 0.222. The second-order valence-electron chi connectivity index (χ2n) is 4.84. The predicted octanol–water partition coefficient (Wildman–Crippen LogP) is 4.30. The quantitative estimate of drug-likeness (QED) is 0.822. The molecule has 2 aromatic rings. The van der Waals surface area contributed by atoms with E-state index >= 15 is 0 Å². The van der Waals surface area contributed by atoms with E-state index in [1.54, 1.807) is 0 Å². The summed E-state index contributed by atoms with van der Waals surface area (Å²) in [6.07, 6.45) is 0.344. The molecule has 0 aliphatic heterocycles. The van der Waals surface area contributed by atoms with Gasteiger partial charge in [0.15, 0.2) is 0 Å². The molecule has 0 radical (unpaired) electrons. The normalized spacial score (nSPS) is 12.9. The summed E-state index contributed by atoms with van der Waals surface area (Å²) in [5.74, 6) is -0.384. The third kappa shape index (κ3) is 2.87. The van der Waals surface area contributed by atoms with Gasteiger partial charge in [0.2, 0.25) is 0 Å². The summed E-state index contributed by atoms with van der Waals surface area (Å²) >= 11 is 0. The Balaban J connectivity index is 2.45. The lowest BCUT2D eigenvalue weighted by molar-refractivity contribution is 0.638. The van der Waals surface area contributed by atoms with Gasteiger partial charge in [0.05, 0.1) is 18.1 Å². The van der Waals surface area contributed by atoms with Crippen molar-refractivity contribution < 1.29 is 0 Å². The van der Waals surface area contributed by atoms with E-state index in [0.29, 0.717) is 6.42 Å². The van der Waals surface area contributed by atoms with Crippen LogP contribution in [0.4, 0.5) is 0 Å². The van der Waals surface area contributed by atoms with Gasteiger partial charge in [-0.15, -0.1) is 0 Å². The average molecular weight is 260 g/mol. The van der Waals surface area contributed by atoms with Gasteiger partial charge < -0.3 is 0 Å². The van der Waals surface area contributed by atoms with E-state index in [1.165, 1.54) is 0 Å². The van der Waals surface area contributed by atoms with Crippen molar-refractivity contribution in [2.24, 2.45) is 0 Å². The summed E-state index contributed by atoms with van der Waals surface area (Å²) in [7, 11) is 0. The molecule has 0 aromatic heterocycles. The molecule has 0 bridgehead atoms. The standard InChI is InChI=1S/C18H16N2/c1-14-7-5-6-10-16(14)18(13-20)17(11-12-19)15-8-3-2-4-9-15/h2-10,17-18H,11H2,1H3/t17-,18-/m1/s1. The highest BCUT2D eigenvalue weighted by molar-refractivity contribution is 5.38. The zero-order chi connectivity index (χ0) is 14.4. The molecule has 2 atom stereocenters. The van der Waals surface area contributed by atoms with E-state index in [0.717, 1.165) is 16.7 Å². The molecule has 2 nitrogen and oxygen atoms in total. The van der Waals surface area contributed by atoms with Gasteiger partial charge >= 0.3 is 0 Å². The molecular weight excluding hydrogens is 244 g/mol. The molecule has 2 heteroatoms. The van der Waals surface area contributed by atoms with Crippen molar-refractivity contribution in [2.45, 2.75) is 25.2 Å². The highest BCUT2D eigenvalue weighted by Gasteiger charge is 2.25. The van der Waals surface area contributed by atoms with Gasteiger partial charge in [-0.25, -0.2) is 0 Å². The summed E-state index contributed by atoms with van der Waals surface area (Å²) < 4.78 is 0. The zero-order valence-electron chi connectivity index (χ0n) is 11.5. The number of aryl methyl sites for hydroxylation is 1. The van der Waals surface area contributed by atoms with Crippen molar-refractivity contribution in [1.82, 2.24) is 0 Å². The smallest absolute Gasteiger partial charge is 0.0793 e. The minimum absolute atomic E-state index is 0.0905. The molecule has 2 aromatic carbocycles. The number of rotatable bonds is 4. The summed E-state index contributed by atoms with van der Waals surface area (Å²) in [6, 6.07) is 22.3. The molecule has 0 N–H and O–H groups in total. The van der Waals surface area contributed by atoms with Crippen LogP contribution < -0.4 is 0 Å². The topological polar surface area (TPSA) is 47.6 Å². The number of hydrogen-bond donors (Lipinski definition) is 0. The molecule has 0 saturated heterocycles. The minimum Gasteiger partial charge on any atom is -0.198 e. The second kappa shape index (κ2) is 6.55. The van der Waals surface area contributed by atoms with E-state index in [2.05, 4.69) is 12.1 Å². The molecule has 0 fully saturated rings. The molecule has 0 saturated carbocycles. The summed E-state index contributed by atoms with van der Waals surface area (Å²) in [5.41, 5.74) is 3.15. The van der Waals surface area contributed by atoms with E-state index in [4.69, 9.17) is 5.26 Å². The van der Waals surface area contributed by atoms with E-state index in [-0.39, 0.29) is 11.8 Å². The van der Waals surface area contributed by atoms with Crippen molar-refractivity contribution in [3.8, 4) is 12.1 Å². The fourth-order valence-electron chi connectivity index (χ4n) is 2.54. The van der Waals surface area contributed by atoms with Crippen LogP contribution in [0.3, 0.4) is 0 Å². The van der Waals surface area contributed by atoms with E-state index < -0.39 is 0 Å². The predicted molar refractivity (Wildman–Crippen MR) is 78.9 cm³/mol. The Labute approximate surface area is 119 Å². The molecule has 0 unspecified atom stereocenters. The van der Waals surface area contributed by atoms with Crippen LogP contribution in [0.5, 0.6) is 0 Å². The molecule has 98 valence electrons. The van der Waals surface area contributed by atoms with Gasteiger partial charge in [0.1, 0.15) is 0 Å². The van der Waals surface area contributed by atoms with Crippen LogP contribution in [0.25, 0.3) is 0 Å². The first kappa shape index (κ1) is 13.8. The number of hydrogen-bond acceptors (Lipinski definition) is 2. The Morgan fingerprint density at radius 1 is 0.950 bits per heavy atom. The van der Waals surface area contributed by atoms with Crippen LogP contribution in [-0.2, 0) is 0 Å². The minimum atomic E-state index is -0.293. The van der Waals surface area contributed by atoms with Crippen molar-refractivity contribution in [3.63, 3.8) is 0 Å². The monoisotopic (exact) mass is 260 g/mol. The Morgan fingerprint density at radius 3 is 2.20 bits per heavy atom. The highest BCUT2D eigenvalue weighted by atomic mass is 14.3. The number of nitriles is 2. The Morgan fingerprint density at radius 2 is 1.60 bits per heavy atom. The maximum Gasteiger partial charge on any atom is 0.0793 e. The van der Waals surface area contributed by atoms with Gasteiger partial charge in [-0.1, -0.05) is 54.6 Å². The molecule has 0 aliphatic rings. The number of nitrogens with zero attached hydrogens (tertiary/aromatic N) is 2. The van der Waals surface area contributed by atoms with Crippen molar-refractivity contribution in [3.05, 3.63) is 71.3 Å². The van der Waals surface area contributed by atoms with E-state index in [9.17, 15) is 5.26 Å². The fourth-order valence-corrected chi connectivity index (χ4v) is 2.54. The molecule has 0 spiro atoms. The Hall–Kier alpha value is -2.58. The second-order valence-corrected chi connectivity index (χ2v) is 4.84. The summed E-state index contributed by atoms with van der Waals surface area (Å²) in [5, 5.41) is 18.7. The molecule has 2 rings (SSSR count). The summed E-state index contributed by atoms with van der Waals surface area (Å²) in [4.78, 5) is 0. The lowest BCUT2D eigenvalue weighted by atomic mass is 9.79. The van der Waals surface area contributed by atoms with Crippen molar-refractivity contribution in [1.29, 1.82) is 10.5 Å². The first-order valence-electron chi connectivity index (χ1n) is 6.65. The lowest BCUT2D eigenvalue weighted by Gasteiger charge is -2.21. The lowest BCUT2D eigenvalue weighted by Crippen LogP contribution is -2.11. The van der Waals surface area contributed by atoms with Crippen LogP contribution in [0.1, 0.15) is 34.9 Å². The highest BCUT2D eigenvalue weighted by Crippen LogP contribution is 2.36. The van der Waals surface area contributed by atoms with Crippen LogP contribution in [0, 0.1) is 29.6 Å². The average Bonchev–Trinajstić information content (AvgIpc) is 2.50. The molecule has 20 heavy (non-hydrogen) atoms. The zero-order valence-corrected chi connectivity index (χ0v) is 11.5. The third-order valence-corrected chi connectivity index (χ3v) is 3.60. The van der Waals surface area contributed by atoms with Gasteiger partial charge in [-0.2, -0.15) is 10.5 Å². The van der Waals surface area contributed by atoms with Gasteiger partial charge in [0.25, 0.3) is 0 Å². The van der Waals surface area contributed by atoms with Crippen LogP contribution in [0.2, 0.25) is 0 Å². The first-order valence-corrected chi connectivity index (χ1v) is 6.65. The molecule has 0 amide bonds. The van der Waals surface area contributed by atoms with E-state index in [1.807, 2.05) is 61.5 Å². The first-order chi connectivity index (χ1) is 9.77. The van der Waals surface area contributed by atoms with Gasteiger partial charge in [-0.3, -0.25) is 0 Å². The molecule has 0 aliphatic carbocycles. The van der Waals surface area contributed by atoms with Gasteiger partial charge in [-0.05, 0) is 23.6 Å².